The van der Waals surface area contributed by atoms with Gasteiger partial charge in [-0.05, 0) is 35.0 Å². The molecule has 0 aliphatic rings. The van der Waals surface area contributed by atoms with E-state index in [0.29, 0.717) is 11.1 Å². The van der Waals surface area contributed by atoms with Crippen molar-refractivity contribution in [2.24, 2.45) is 5.10 Å². The van der Waals surface area contributed by atoms with Crippen molar-refractivity contribution in [3.05, 3.63) is 72.1 Å². The van der Waals surface area contributed by atoms with Crippen molar-refractivity contribution in [3.63, 3.8) is 0 Å². The zero-order valence-corrected chi connectivity index (χ0v) is 14.3. The van der Waals surface area contributed by atoms with Gasteiger partial charge in [0, 0.05) is 11.1 Å². The Hall–Kier alpha value is -3.38. The second-order valence-corrected chi connectivity index (χ2v) is 5.55. The number of nitrogens with zero attached hydrogens (tertiary/aromatic N) is 2. The largest absolute Gasteiger partial charge is 0.507 e. The number of fused-ring (bicyclic) bond motifs is 2. The summed E-state index contributed by atoms with van der Waals surface area (Å²) in [6, 6.07) is 16.3. The smallest absolute Gasteiger partial charge is 0.271 e. The lowest BCUT2D eigenvalue weighted by atomic mass is 10.0. The maximum absolute atomic E-state index is 12.2. The van der Waals surface area contributed by atoms with Gasteiger partial charge < -0.3 is 10.1 Å². The molecule has 6 nitrogen and oxygen atoms in total. The number of amides is 1. The molecule has 130 valence electrons. The summed E-state index contributed by atoms with van der Waals surface area (Å²) in [7, 11) is 0. The maximum Gasteiger partial charge on any atom is 0.271 e. The monoisotopic (exact) mass is 366 g/mol. The second-order valence-electron chi connectivity index (χ2n) is 5.55. The summed E-state index contributed by atoms with van der Waals surface area (Å²) in [5, 5.41) is 15.9. The summed E-state index contributed by atoms with van der Waals surface area (Å²) in [4.78, 5) is 19.3. The molecule has 1 aromatic heterocycles. The highest BCUT2D eigenvalue weighted by Gasteiger charge is 2.07. The number of hydrogen-bond acceptors (Lipinski definition) is 4. The number of phenols is 1. The highest BCUT2D eigenvalue weighted by Crippen LogP contribution is 2.25. The maximum atomic E-state index is 12.2. The second kappa shape index (κ2) is 7.25. The number of carbonyl (C=O) groups is 1. The molecule has 0 saturated heterocycles. The molecular formula is C19H15ClN4O2. The molecule has 3 aromatic carbocycles. The predicted molar refractivity (Wildman–Crippen MR) is 104 cm³/mol. The summed E-state index contributed by atoms with van der Waals surface area (Å²) in [6.45, 7) is 0. The van der Waals surface area contributed by atoms with E-state index in [2.05, 4.69) is 20.5 Å². The molecule has 4 aromatic rings. The molecule has 0 radical (unpaired) electrons. The van der Waals surface area contributed by atoms with Gasteiger partial charge in [0.2, 0.25) is 0 Å². The van der Waals surface area contributed by atoms with Crippen LogP contribution in [0, 0.1) is 0 Å². The van der Waals surface area contributed by atoms with Gasteiger partial charge >= 0.3 is 0 Å². The topological polar surface area (TPSA) is 90.4 Å². The summed E-state index contributed by atoms with van der Waals surface area (Å²) < 4.78 is 0. The highest BCUT2D eigenvalue weighted by molar-refractivity contribution is 6.03. The summed E-state index contributed by atoms with van der Waals surface area (Å²) in [5.41, 5.74) is 5.08. The van der Waals surface area contributed by atoms with Crippen molar-refractivity contribution in [1.29, 1.82) is 0 Å². The van der Waals surface area contributed by atoms with Crippen LogP contribution < -0.4 is 5.43 Å². The molecular weight excluding hydrogens is 352 g/mol. The Morgan fingerprint density at radius 1 is 1.15 bits per heavy atom. The van der Waals surface area contributed by atoms with Crippen molar-refractivity contribution in [1.82, 2.24) is 15.4 Å². The number of aromatic nitrogens is 2. The number of halogens is 1. The van der Waals surface area contributed by atoms with E-state index in [1.165, 1.54) is 6.21 Å². The fraction of sp³-hybridized carbons (Fsp3) is 0. The number of aromatic hydroxyl groups is 1. The molecule has 3 N–H and O–H groups in total. The van der Waals surface area contributed by atoms with E-state index in [1.54, 1.807) is 30.6 Å². The first-order valence-corrected chi connectivity index (χ1v) is 7.69. The van der Waals surface area contributed by atoms with Crippen LogP contribution in [0.1, 0.15) is 15.9 Å². The normalized spacial score (nSPS) is 10.9. The Labute approximate surface area is 155 Å². The average molecular weight is 367 g/mol. The number of benzene rings is 3. The first-order valence-electron chi connectivity index (χ1n) is 7.69. The highest BCUT2D eigenvalue weighted by atomic mass is 35.5. The lowest BCUT2D eigenvalue weighted by molar-refractivity contribution is 0.0955. The van der Waals surface area contributed by atoms with E-state index in [4.69, 9.17) is 0 Å². The molecule has 1 heterocycles. The summed E-state index contributed by atoms with van der Waals surface area (Å²) in [5.74, 6) is -0.233. The Morgan fingerprint density at radius 2 is 2.00 bits per heavy atom. The number of hydrogen-bond donors (Lipinski definition) is 3. The third kappa shape index (κ3) is 3.22. The number of nitrogens with one attached hydrogen (secondary N) is 2. The molecule has 0 bridgehead atoms. The van der Waals surface area contributed by atoms with Gasteiger partial charge in [-0.15, -0.1) is 12.4 Å². The van der Waals surface area contributed by atoms with Crippen LogP contribution in [-0.4, -0.2) is 27.2 Å². The molecule has 26 heavy (non-hydrogen) atoms. The minimum absolute atomic E-state index is 0. The Morgan fingerprint density at radius 3 is 2.88 bits per heavy atom. The third-order valence-corrected chi connectivity index (χ3v) is 3.99. The van der Waals surface area contributed by atoms with E-state index in [-0.39, 0.29) is 24.1 Å². The van der Waals surface area contributed by atoms with Gasteiger partial charge in [0.1, 0.15) is 5.75 Å². The van der Waals surface area contributed by atoms with Gasteiger partial charge in [-0.1, -0.05) is 30.3 Å². The minimum atomic E-state index is -0.340. The van der Waals surface area contributed by atoms with Crippen LogP contribution in [0.4, 0.5) is 0 Å². The molecule has 0 fully saturated rings. The van der Waals surface area contributed by atoms with Crippen LogP contribution in [0.2, 0.25) is 0 Å². The third-order valence-electron chi connectivity index (χ3n) is 3.99. The van der Waals surface area contributed by atoms with Crippen LogP contribution in [0.15, 0.2) is 66.0 Å². The van der Waals surface area contributed by atoms with Gasteiger partial charge in [-0.2, -0.15) is 5.10 Å². The first kappa shape index (κ1) is 17.4. The van der Waals surface area contributed by atoms with E-state index >= 15 is 0 Å². The number of H-pyrrole nitrogens is 1. The van der Waals surface area contributed by atoms with Gasteiger partial charge in [0.05, 0.1) is 23.6 Å². The zero-order chi connectivity index (χ0) is 17.2. The van der Waals surface area contributed by atoms with Gasteiger partial charge in [-0.25, -0.2) is 10.4 Å². The summed E-state index contributed by atoms with van der Waals surface area (Å²) >= 11 is 0. The Bertz CT molecular complexity index is 1120. The molecule has 0 aliphatic carbocycles. The molecule has 1 amide bonds. The van der Waals surface area contributed by atoms with Crippen molar-refractivity contribution >= 4 is 46.3 Å². The lowest BCUT2D eigenvalue weighted by Crippen LogP contribution is -2.17. The molecule has 0 aliphatic heterocycles. The number of rotatable bonds is 3. The van der Waals surface area contributed by atoms with Crippen molar-refractivity contribution in [3.8, 4) is 5.75 Å². The van der Waals surface area contributed by atoms with Gasteiger partial charge in [-0.3, -0.25) is 4.79 Å². The van der Waals surface area contributed by atoms with Crippen LogP contribution in [-0.2, 0) is 0 Å². The van der Waals surface area contributed by atoms with Crippen molar-refractivity contribution < 1.29 is 9.90 Å². The van der Waals surface area contributed by atoms with E-state index in [9.17, 15) is 9.90 Å². The van der Waals surface area contributed by atoms with Gasteiger partial charge in [0.25, 0.3) is 5.91 Å². The van der Waals surface area contributed by atoms with Gasteiger partial charge in [0.15, 0.2) is 0 Å². The lowest BCUT2D eigenvalue weighted by Gasteiger charge is -2.05. The fourth-order valence-corrected chi connectivity index (χ4v) is 2.72. The molecule has 0 unspecified atom stereocenters. The van der Waals surface area contributed by atoms with Crippen LogP contribution in [0.5, 0.6) is 5.75 Å². The minimum Gasteiger partial charge on any atom is -0.507 e. The number of hydrazone groups is 1. The molecule has 0 spiro atoms. The molecule has 0 atom stereocenters. The van der Waals surface area contributed by atoms with E-state index in [0.717, 1.165) is 21.8 Å². The van der Waals surface area contributed by atoms with E-state index in [1.807, 2.05) is 30.3 Å². The van der Waals surface area contributed by atoms with Crippen LogP contribution in [0.3, 0.4) is 0 Å². The average Bonchev–Trinajstić information content (AvgIpc) is 3.11. The van der Waals surface area contributed by atoms with Crippen LogP contribution in [0.25, 0.3) is 21.8 Å². The quantitative estimate of drug-likeness (QED) is 0.382. The predicted octanol–water partition coefficient (Wildman–Crippen LogP) is 3.61. The Balaban J connectivity index is 0.00000196. The summed E-state index contributed by atoms with van der Waals surface area (Å²) in [6.07, 6.45) is 3.03. The SMILES string of the molecule is Cl.O=C(NN=Cc1c(O)ccc2ccccc12)c1ccc2nc[nH]c2c1. The molecule has 4 rings (SSSR count). The molecule has 7 heteroatoms. The van der Waals surface area contributed by atoms with E-state index < -0.39 is 0 Å². The molecule has 0 saturated carbocycles. The number of aromatic amines is 1. The van der Waals surface area contributed by atoms with Crippen molar-refractivity contribution in [2.75, 3.05) is 0 Å². The fourth-order valence-electron chi connectivity index (χ4n) is 2.72. The number of phenolic OH excluding ortho intramolecular Hbond substituents is 1. The standard InChI is InChI=1S/C19H14N4O2.ClH/c24-18-8-6-12-3-1-2-4-14(12)15(18)10-22-23-19(25)13-5-7-16-17(9-13)21-11-20-16;/h1-11,24H,(H,20,21)(H,23,25);1H. The number of carbonyl (C=O) groups excluding carboxylic acids is 1. The first-order chi connectivity index (χ1) is 12.2. The van der Waals surface area contributed by atoms with Crippen molar-refractivity contribution in [2.45, 2.75) is 0 Å². The number of imidazole rings is 1. The van der Waals surface area contributed by atoms with Crippen LogP contribution >= 0.6 is 12.4 Å². The zero-order valence-electron chi connectivity index (χ0n) is 13.5. The Kier molecular flexibility index (Phi) is 4.86.